The molecule has 2 N–H and O–H groups in total. The summed E-state index contributed by atoms with van der Waals surface area (Å²) in [6.07, 6.45) is -0.00327. The molecule has 0 aromatic carbocycles. The molecule has 0 amide bonds. The zero-order valence-corrected chi connectivity index (χ0v) is 13.7. The number of carbonyl (C=O) groups is 1. The van der Waals surface area contributed by atoms with Gasteiger partial charge in [-0.2, -0.15) is 0 Å². The van der Waals surface area contributed by atoms with Gasteiger partial charge in [0.15, 0.2) is 5.60 Å². The number of carbonyl (C=O) groups excluding carboxylic acids is 1. The van der Waals surface area contributed by atoms with E-state index in [2.05, 4.69) is 0 Å². The summed E-state index contributed by atoms with van der Waals surface area (Å²) in [5.41, 5.74) is -1.02. The van der Waals surface area contributed by atoms with Crippen molar-refractivity contribution in [1.82, 2.24) is 4.90 Å². The van der Waals surface area contributed by atoms with E-state index in [0.717, 1.165) is 0 Å². The highest BCUT2D eigenvalue weighted by atomic mass is 16.6. The Kier molecular flexibility index (Phi) is 4.82. The number of nitrogens with zero attached hydrogens (tertiary/aromatic N) is 1. The van der Waals surface area contributed by atoms with Crippen LogP contribution in [-0.2, 0) is 14.3 Å². The summed E-state index contributed by atoms with van der Waals surface area (Å²) in [6, 6.07) is -0.442. The van der Waals surface area contributed by atoms with E-state index in [1.165, 1.54) is 7.11 Å². The Balaban J connectivity index is 2.04. The van der Waals surface area contributed by atoms with E-state index < -0.39 is 29.8 Å². The maximum Gasteiger partial charge on any atom is 0.341 e. The fourth-order valence-corrected chi connectivity index (χ4v) is 3.18. The Morgan fingerprint density at radius 3 is 2.86 bits per heavy atom. The van der Waals surface area contributed by atoms with Crippen molar-refractivity contribution in [3.63, 3.8) is 0 Å². The molecule has 0 aromatic rings. The third-order valence-corrected chi connectivity index (χ3v) is 4.83. The average Bonchev–Trinajstić information content (AvgIpc) is 3.04. The number of hydrogen-bond donors (Lipinski definition) is 2. The quantitative estimate of drug-likeness (QED) is 0.543. The van der Waals surface area contributed by atoms with Gasteiger partial charge in [-0.15, -0.1) is 0 Å². The number of fused-ring (bicyclic) bond motifs is 1. The minimum absolute atomic E-state index is 0.0351. The van der Waals surface area contributed by atoms with Crippen LogP contribution < -0.4 is 0 Å². The fraction of sp³-hybridized carbons (Fsp3) is 0.812. The third kappa shape index (κ3) is 2.93. The summed E-state index contributed by atoms with van der Waals surface area (Å²) >= 11 is 0. The van der Waals surface area contributed by atoms with Gasteiger partial charge < -0.3 is 19.7 Å². The zero-order valence-electron chi connectivity index (χ0n) is 14.7. The molecule has 126 valence electrons. The van der Waals surface area contributed by atoms with Gasteiger partial charge in [0.25, 0.3) is 0 Å². The molecule has 1 saturated heterocycles. The lowest BCUT2D eigenvalue weighted by Gasteiger charge is -2.34. The molecule has 0 bridgehead atoms. The van der Waals surface area contributed by atoms with E-state index in [-0.39, 0.29) is 12.5 Å². The second-order valence-electron chi connectivity index (χ2n) is 6.35. The summed E-state index contributed by atoms with van der Waals surface area (Å²) in [5.74, 6) is -1.12. The van der Waals surface area contributed by atoms with E-state index in [1.807, 2.05) is 11.0 Å². The van der Waals surface area contributed by atoms with Crippen molar-refractivity contribution >= 4 is 5.97 Å². The van der Waals surface area contributed by atoms with Gasteiger partial charge in [0.2, 0.25) is 0 Å². The molecule has 6 nitrogen and oxygen atoms in total. The van der Waals surface area contributed by atoms with Crippen molar-refractivity contribution < 1.29 is 25.9 Å². The number of methoxy groups -OCH3 is 1. The van der Waals surface area contributed by atoms with E-state index in [4.69, 9.17) is 10.8 Å². The molecular weight excluding hydrogens is 286 g/mol. The Labute approximate surface area is 133 Å². The van der Waals surface area contributed by atoms with E-state index in [0.29, 0.717) is 25.1 Å². The van der Waals surface area contributed by atoms with Crippen molar-refractivity contribution in [2.45, 2.75) is 51.0 Å². The van der Waals surface area contributed by atoms with Crippen LogP contribution in [0, 0.1) is 5.92 Å². The first-order chi connectivity index (χ1) is 10.6. The van der Waals surface area contributed by atoms with Gasteiger partial charge in [-0.25, -0.2) is 4.79 Å². The standard InChI is InChI=1S/C16H27NO5/c1-10(2)16(20,11(3)21-4)15(19)22-9-12-5-7-17-8-6-13(18)14(12)17/h5,10-11,13-14,18,20H,6-9H2,1-4H3/t11-,13+,14-,16+/m1/s1/i13D. The second-order valence-corrected chi connectivity index (χ2v) is 6.35. The Morgan fingerprint density at radius 1 is 1.59 bits per heavy atom. The summed E-state index contributed by atoms with van der Waals surface area (Å²) in [6.45, 7) is 6.33. The van der Waals surface area contributed by atoms with Crippen LogP contribution in [-0.4, -0.2) is 71.7 Å². The summed E-state index contributed by atoms with van der Waals surface area (Å²) in [4.78, 5) is 14.4. The van der Waals surface area contributed by atoms with Gasteiger partial charge in [0.05, 0.1) is 19.6 Å². The van der Waals surface area contributed by atoms with Crippen molar-refractivity contribution in [3.05, 3.63) is 11.6 Å². The molecule has 0 aliphatic carbocycles. The van der Waals surface area contributed by atoms with Crippen molar-refractivity contribution in [1.29, 1.82) is 0 Å². The van der Waals surface area contributed by atoms with Crippen LogP contribution in [0.3, 0.4) is 0 Å². The maximum atomic E-state index is 12.4. The first-order valence-electron chi connectivity index (χ1n) is 8.22. The number of rotatable bonds is 6. The van der Waals surface area contributed by atoms with Crippen molar-refractivity contribution in [2.24, 2.45) is 5.92 Å². The van der Waals surface area contributed by atoms with Crippen LogP contribution in [0.4, 0.5) is 0 Å². The molecule has 2 rings (SSSR count). The average molecular weight is 314 g/mol. The molecule has 4 atom stereocenters. The number of aliphatic hydroxyl groups is 2. The number of ether oxygens (including phenoxy) is 2. The Bertz CT molecular complexity index is 493. The third-order valence-electron chi connectivity index (χ3n) is 4.83. The summed E-state index contributed by atoms with van der Waals surface area (Å²) in [5, 5.41) is 20.8. The van der Waals surface area contributed by atoms with Gasteiger partial charge in [0.1, 0.15) is 6.61 Å². The predicted molar refractivity (Wildman–Crippen MR) is 81.3 cm³/mol. The number of hydrogen-bond acceptors (Lipinski definition) is 6. The molecule has 2 heterocycles. The molecule has 0 radical (unpaired) electrons. The van der Waals surface area contributed by atoms with Crippen molar-refractivity contribution in [2.75, 3.05) is 26.8 Å². The minimum atomic E-state index is -1.74. The lowest BCUT2D eigenvalue weighted by Crippen LogP contribution is -2.54. The maximum absolute atomic E-state index is 12.4. The summed E-state index contributed by atoms with van der Waals surface area (Å²) < 4.78 is 18.4. The van der Waals surface area contributed by atoms with E-state index in [9.17, 15) is 15.0 Å². The monoisotopic (exact) mass is 314 g/mol. The van der Waals surface area contributed by atoms with Gasteiger partial charge in [-0.1, -0.05) is 19.9 Å². The molecule has 0 aromatic heterocycles. The van der Waals surface area contributed by atoms with E-state index in [1.54, 1.807) is 20.8 Å². The fourth-order valence-electron chi connectivity index (χ4n) is 3.18. The minimum Gasteiger partial charge on any atom is -0.459 e. The summed E-state index contributed by atoms with van der Waals surface area (Å²) in [7, 11) is 1.43. The molecule has 0 saturated carbocycles. The molecular formula is C16H27NO5. The molecule has 2 aliphatic heterocycles. The van der Waals surface area contributed by atoms with Crippen molar-refractivity contribution in [3.8, 4) is 0 Å². The number of esters is 1. The van der Waals surface area contributed by atoms with Gasteiger partial charge in [-0.05, 0) is 24.8 Å². The smallest absolute Gasteiger partial charge is 0.341 e. The first-order valence-corrected chi connectivity index (χ1v) is 7.72. The predicted octanol–water partition coefficient (Wildman–Crippen LogP) is 0.327. The largest absolute Gasteiger partial charge is 0.459 e. The van der Waals surface area contributed by atoms with Crippen LogP contribution in [0.2, 0.25) is 0 Å². The van der Waals surface area contributed by atoms with Crippen LogP contribution >= 0.6 is 0 Å². The Hall–Kier alpha value is -0.950. The van der Waals surface area contributed by atoms with Crippen LogP contribution in [0.5, 0.6) is 0 Å². The first kappa shape index (κ1) is 15.9. The highest BCUT2D eigenvalue weighted by Crippen LogP contribution is 2.30. The SMILES string of the molecule is [2H][C@]1(O)CCN2CC=C(COC(=O)[C@](O)(C(C)C)[C@@H](C)OC)[C@@H]21. The normalized spacial score (nSPS) is 33.1. The van der Waals surface area contributed by atoms with Crippen LogP contribution in [0.25, 0.3) is 0 Å². The molecule has 6 heteroatoms. The lowest BCUT2D eigenvalue weighted by molar-refractivity contribution is -0.186. The van der Waals surface area contributed by atoms with E-state index >= 15 is 0 Å². The van der Waals surface area contributed by atoms with Gasteiger partial charge >= 0.3 is 5.97 Å². The molecule has 0 spiro atoms. The molecule has 22 heavy (non-hydrogen) atoms. The van der Waals surface area contributed by atoms with Crippen LogP contribution in [0.1, 0.15) is 28.6 Å². The topological polar surface area (TPSA) is 79.2 Å². The van der Waals surface area contributed by atoms with Gasteiger partial charge in [-0.3, -0.25) is 4.90 Å². The lowest BCUT2D eigenvalue weighted by atomic mass is 9.85. The molecule has 2 aliphatic rings. The molecule has 1 fully saturated rings. The highest BCUT2D eigenvalue weighted by Gasteiger charge is 2.47. The second kappa shape index (κ2) is 6.66. The van der Waals surface area contributed by atoms with Crippen LogP contribution in [0.15, 0.2) is 11.6 Å². The Morgan fingerprint density at radius 2 is 2.27 bits per heavy atom. The molecule has 0 unspecified atom stereocenters. The van der Waals surface area contributed by atoms with Gasteiger partial charge in [0, 0.05) is 20.2 Å². The zero-order chi connectivity index (χ0) is 17.4. The highest BCUT2D eigenvalue weighted by molar-refractivity contribution is 5.80.